The number of halogens is 3. The first-order valence-electron chi connectivity index (χ1n) is 9.78. The third-order valence-corrected chi connectivity index (χ3v) is 6.01. The van der Waals surface area contributed by atoms with Gasteiger partial charge in [-0.2, -0.15) is 30.9 Å². The first-order chi connectivity index (χ1) is 16.5. The van der Waals surface area contributed by atoms with Gasteiger partial charge in [-0.1, -0.05) is 18.2 Å². The Bertz CT molecular complexity index is 1390. The van der Waals surface area contributed by atoms with Crippen molar-refractivity contribution in [2.45, 2.75) is 11.9 Å². The number of hydrogen-bond donors (Lipinski definition) is 2. The lowest BCUT2D eigenvalue weighted by molar-refractivity contribution is -0.0435. The summed E-state index contributed by atoms with van der Waals surface area (Å²) in [7, 11) is -3.55. The number of nitrogens with two attached hydrogens (primary N) is 2. The van der Waals surface area contributed by atoms with Gasteiger partial charge in [0.25, 0.3) is 0 Å². The largest absolute Gasteiger partial charge is 0.517 e. The number of nitrogens with zero attached hydrogens (tertiary/aromatic N) is 3. The smallest absolute Gasteiger partial charge is 0.493 e. The minimum Gasteiger partial charge on any atom is -0.493 e. The summed E-state index contributed by atoms with van der Waals surface area (Å²) in [5, 5.41) is 0. The molecule has 0 amide bonds. The molecule has 0 saturated carbocycles. The molecular weight excluding hydrogens is 487 g/mol. The third-order valence-electron chi connectivity index (χ3n) is 4.66. The molecule has 1 aromatic heterocycles. The lowest BCUT2D eigenvalue weighted by Crippen LogP contribution is -2.38. The van der Waals surface area contributed by atoms with Crippen molar-refractivity contribution in [3.05, 3.63) is 65.4 Å². The maximum absolute atomic E-state index is 13.6. The van der Waals surface area contributed by atoms with Crippen LogP contribution in [0.1, 0.15) is 16.7 Å². The van der Waals surface area contributed by atoms with Gasteiger partial charge in [0.15, 0.2) is 11.5 Å². The van der Waals surface area contributed by atoms with Gasteiger partial charge in [0.05, 0.1) is 14.2 Å². The fraction of sp³-hybridized carbons (Fsp3) is 0.182. The summed E-state index contributed by atoms with van der Waals surface area (Å²) in [4.78, 5) is 7.71. The maximum atomic E-state index is 13.6. The van der Waals surface area contributed by atoms with Crippen LogP contribution in [0.15, 0.2) is 48.7 Å². The van der Waals surface area contributed by atoms with Crippen LogP contribution >= 0.6 is 0 Å². The van der Waals surface area contributed by atoms with Gasteiger partial charge in [-0.15, -0.1) is 0 Å². The van der Waals surface area contributed by atoms with E-state index in [2.05, 4.69) is 21.9 Å². The highest BCUT2D eigenvalue weighted by Gasteiger charge is 2.51. The van der Waals surface area contributed by atoms with Crippen LogP contribution in [0.3, 0.4) is 0 Å². The monoisotopic (exact) mass is 507 g/mol. The lowest BCUT2D eigenvalue weighted by atomic mass is 10.0. The molecule has 0 aliphatic rings. The Labute approximate surface area is 199 Å². The number of benzene rings is 2. The Balaban J connectivity index is 2.24. The van der Waals surface area contributed by atoms with E-state index in [0.717, 1.165) is 7.11 Å². The van der Waals surface area contributed by atoms with Gasteiger partial charge in [0, 0.05) is 29.8 Å². The number of hydrogen-bond acceptors (Lipinski definition) is 8. The summed E-state index contributed by atoms with van der Waals surface area (Å²) >= 11 is 0. The molecule has 0 atom stereocenters. The van der Waals surface area contributed by atoms with Crippen LogP contribution in [-0.4, -0.2) is 38.1 Å². The second kappa shape index (κ2) is 9.98. The van der Waals surface area contributed by atoms with Crippen LogP contribution in [0.25, 0.3) is 0 Å². The zero-order valence-corrected chi connectivity index (χ0v) is 19.3. The molecule has 0 unspecified atom stereocenters. The van der Waals surface area contributed by atoms with E-state index in [-0.39, 0.29) is 34.0 Å². The van der Waals surface area contributed by atoms with Gasteiger partial charge >= 0.3 is 15.5 Å². The van der Waals surface area contributed by atoms with Crippen LogP contribution < -0.4 is 25.2 Å². The summed E-state index contributed by atoms with van der Waals surface area (Å²) in [6, 6.07) is 12.7. The van der Waals surface area contributed by atoms with E-state index in [1.165, 1.54) is 37.6 Å². The van der Waals surface area contributed by atoms with Crippen molar-refractivity contribution in [3.8, 4) is 23.5 Å². The molecule has 0 spiro atoms. The molecule has 9 nitrogen and oxygen atoms in total. The van der Waals surface area contributed by atoms with E-state index in [9.17, 15) is 21.6 Å². The Morgan fingerprint density at radius 2 is 1.77 bits per heavy atom. The van der Waals surface area contributed by atoms with Gasteiger partial charge in [0.1, 0.15) is 11.5 Å². The molecule has 1 heterocycles. The Morgan fingerprint density at radius 3 is 2.34 bits per heavy atom. The van der Waals surface area contributed by atoms with Gasteiger partial charge < -0.3 is 20.9 Å². The van der Waals surface area contributed by atoms with Crippen molar-refractivity contribution >= 4 is 27.5 Å². The summed E-state index contributed by atoms with van der Waals surface area (Å²) < 4.78 is 76.4. The average Bonchev–Trinajstić information content (AvgIpc) is 2.80. The minimum atomic E-state index is -5.96. The first kappa shape index (κ1) is 25.4. The molecule has 35 heavy (non-hydrogen) atoms. The molecule has 3 rings (SSSR count). The van der Waals surface area contributed by atoms with E-state index >= 15 is 0 Å². The maximum Gasteiger partial charge on any atom is 0.517 e. The fourth-order valence-electron chi connectivity index (χ4n) is 3.03. The third kappa shape index (κ3) is 5.49. The first-order valence-corrected chi connectivity index (χ1v) is 11.2. The van der Waals surface area contributed by atoms with Crippen LogP contribution in [0.4, 0.5) is 30.6 Å². The number of ether oxygens (including phenoxy) is 2. The van der Waals surface area contributed by atoms with Crippen LogP contribution in [0.2, 0.25) is 0 Å². The van der Waals surface area contributed by atoms with Crippen molar-refractivity contribution in [3.63, 3.8) is 0 Å². The van der Waals surface area contributed by atoms with E-state index < -0.39 is 21.2 Å². The number of methoxy groups -OCH3 is 2. The zero-order chi connectivity index (χ0) is 25.8. The van der Waals surface area contributed by atoms with Crippen molar-refractivity contribution < 1.29 is 31.1 Å². The predicted octanol–water partition coefficient (Wildman–Crippen LogP) is 2.91. The quantitative estimate of drug-likeness (QED) is 0.384. The molecule has 13 heteroatoms. The summed E-state index contributed by atoms with van der Waals surface area (Å²) in [5.41, 5.74) is 6.24. The number of sulfonamides is 1. The number of aromatic nitrogens is 2. The lowest BCUT2D eigenvalue weighted by Gasteiger charge is -2.23. The van der Waals surface area contributed by atoms with Gasteiger partial charge in [-0.05, 0) is 35.7 Å². The zero-order valence-electron chi connectivity index (χ0n) is 18.5. The van der Waals surface area contributed by atoms with Crippen molar-refractivity contribution in [1.29, 1.82) is 0 Å². The Hall–Kier alpha value is -4.18. The second-order valence-corrected chi connectivity index (χ2v) is 8.76. The van der Waals surface area contributed by atoms with Gasteiger partial charge in [-0.25, -0.2) is 4.98 Å². The van der Waals surface area contributed by atoms with E-state index in [0.29, 0.717) is 16.7 Å². The molecule has 0 saturated heterocycles. The van der Waals surface area contributed by atoms with E-state index in [4.69, 9.17) is 20.9 Å². The number of rotatable bonds is 6. The summed E-state index contributed by atoms with van der Waals surface area (Å²) in [5.74, 6) is 2.14. The molecule has 2 aromatic carbocycles. The molecule has 0 aliphatic carbocycles. The number of anilines is 3. The molecule has 0 fully saturated rings. The molecular formula is C22H20F3N5O4S. The minimum absolute atomic E-state index is 0.0193. The fourth-order valence-corrected chi connectivity index (χ4v) is 3.80. The molecule has 0 bridgehead atoms. The average molecular weight is 507 g/mol. The van der Waals surface area contributed by atoms with Gasteiger partial charge in [-0.3, -0.25) is 0 Å². The Kier molecular flexibility index (Phi) is 7.25. The predicted molar refractivity (Wildman–Crippen MR) is 124 cm³/mol. The molecule has 184 valence electrons. The molecule has 4 N–H and O–H groups in total. The number of nitrogen functional groups attached to an aromatic ring is 2. The normalized spacial score (nSPS) is 11.3. The number of alkyl halides is 3. The van der Waals surface area contributed by atoms with E-state index in [1.54, 1.807) is 18.2 Å². The van der Waals surface area contributed by atoms with Gasteiger partial charge in [0.2, 0.25) is 5.95 Å². The summed E-state index contributed by atoms with van der Waals surface area (Å²) in [6.07, 6.45) is 1.37. The molecule has 0 radical (unpaired) electrons. The van der Waals surface area contributed by atoms with E-state index in [1.807, 2.05) is 0 Å². The van der Waals surface area contributed by atoms with Crippen molar-refractivity contribution in [2.24, 2.45) is 0 Å². The van der Waals surface area contributed by atoms with Crippen molar-refractivity contribution in [1.82, 2.24) is 9.97 Å². The highest BCUT2D eigenvalue weighted by molar-refractivity contribution is 7.93. The highest BCUT2D eigenvalue weighted by Crippen LogP contribution is 2.42. The second-order valence-electron chi connectivity index (χ2n) is 6.98. The standard InChI is InChI=1S/C22H20F3N5O4S/c1-33-18-12-15(10-16-13-28-21(27)29-20(16)26)11-17(19(18)34-2)30(35(31,32)22(23,24)25)9-8-14-6-4-3-5-7-14/h3-7,11-13H,10H2,1-2H3,(H4,26,27,28,29). The summed E-state index contributed by atoms with van der Waals surface area (Å²) in [6.45, 7) is 0. The topological polar surface area (TPSA) is 134 Å². The van der Waals surface area contributed by atoms with Crippen LogP contribution in [0.5, 0.6) is 11.5 Å². The van der Waals surface area contributed by atoms with Crippen molar-refractivity contribution in [2.75, 3.05) is 30.0 Å². The van der Waals surface area contributed by atoms with Crippen LogP contribution in [-0.2, 0) is 16.4 Å². The molecule has 0 aliphatic heterocycles. The Morgan fingerprint density at radius 1 is 1.09 bits per heavy atom. The molecule has 3 aromatic rings. The SMILES string of the molecule is COc1cc(Cc2cnc(N)nc2N)cc(N(C#Cc2ccccc2)S(=O)(=O)C(F)(F)F)c1OC. The highest BCUT2D eigenvalue weighted by atomic mass is 32.2. The van der Waals surface area contributed by atoms with Crippen LogP contribution in [0, 0.1) is 12.0 Å².